The third-order valence-electron chi connectivity index (χ3n) is 3.04. The molecule has 1 rings (SSSR count). The molecule has 0 spiro atoms. The van der Waals surface area contributed by atoms with Gasteiger partial charge in [0.1, 0.15) is 6.04 Å². The summed E-state index contributed by atoms with van der Waals surface area (Å²) in [6.07, 6.45) is 4.43. The van der Waals surface area contributed by atoms with Crippen LogP contribution in [0.3, 0.4) is 0 Å². The Hall–Kier alpha value is -1.40. The van der Waals surface area contributed by atoms with Crippen LogP contribution in [0.25, 0.3) is 0 Å². The summed E-state index contributed by atoms with van der Waals surface area (Å²) in [4.78, 5) is 12.2. The van der Waals surface area contributed by atoms with Crippen molar-refractivity contribution in [2.75, 3.05) is 12.8 Å². The minimum atomic E-state index is -3.43. The lowest BCUT2D eigenvalue weighted by Crippen LogP contribution is -2.47. The number of carbonyl (C=O) groups is 1. The largest absolute Gasteiger partial charge is 0.355 e. The lowest BCUT2D eigenvalue weighted by molar-refractivity contribution is -0.122. The van der Waals surface area contributed by atoms with E-state index in [1.54, 1.807) is 0 Å². The highest BCUT2D eigenvalue weighted by Crippen LogP contribution is 2.04. The first kappa shape index (κ1) is 17.7. The van der Waals surface area contributed by atoms with E-state index in [0.29, 0.717) is 13.0 Å². The number of amides is 1. The molecule has 1 aromatic carbocycles. The second-order valence-corrected chi connectivity index (χ2v) is 6.91. The Balaban J connectivity index is 2.65. The Kier molecular flexibility index (Phi) is 7.39. The van der Waals surface area contributed by atoms with E-state index in [1.165, 1.54) is 0 Å². The van der Waals surface area contributed by atoms with Gasteiger partial charge >= 0.3 is 0 Å². The van der Waals surface area contributed by atoms with Crippen molar-refractivity contribution in [2.24, 2.45) is 0 Å². The maximum absolute atomic E-state index is 12.2. The number of hydrogen-bond acceptors (Lipinski definition) is 3. The second-order valence-electron chi connectivity index (χ2n) is 5.13. The molecule has 0 bridgehead atoms. The number of nitrogens with one attached hydrogen (secondary N) is 2. The first-order valence-corrected chi connectivity index (χ1v) is 9.10. The maximum Gasteiger partial charge on any atom is 0.238 e. The van der Waals surface area contributed by atoms with Gasteiger partial charge in [-0.25, -0.2) is 13.1 Å². The van der Waals surface area contributed by atoms with Gasteiger partial charge in [-0.1, -0.05) is 50.1 Å². The smallest absolute Gasteiger partial charge is 0.238 e. The molecule has 0 aliphatic rings. The molecule has 0 aromatic heterocycles. The number of carbonyl (C=O) groups excluding carboxylic acids is 1. The van der Waals surface area contributed by atoms with Gasteiger partial charge in [-0.2, -0.15) is 0 Å². The molecule has 0 radical (unpaired) electrons. The van der Waals surface area contributed by atoms with Crippen molar-refractivity contribution in [3.8, 4) is 0 Å². The van der Waals surface area contributed by atoms with Crippen molar-refractivity contribution < 1.29 is 13.2 Å². The third-order valence-corrected chi connectivity index (χ3v) is 3.75. The van der Waals surface area contributed by atoms with Crippen molar-refractivity contribution in [1.82, 2.24) is 10.0 Å². The van der Waals surface area contributed by atoms with Gasteiger partial charge in [0, 0.05) is 6.54 Å². The summed E-state index contributed by atoms with van der Waals surface area (Å²) in [5, 5.41) is 2.79. The summed E-state index contributed by atoms with van der Waals surface area (Å²) in [6.45, 7) is 2.66. The van der Waals surface area contributed by atoms with Crippen molar-refractivity contribution in [3.05, 3.63) is 35.9 Å². The average Bonchev–Trinajstić information content (AvgIpc) is 2.42. The van der Waals surface area contributed by atoms with E-state index in [-0.39, 0.29) is 5.91 Å². The molecular formula is C15H24N2O3S. The minimum Gasteiger partial charge on any atom is -0.355 e. The zero-order valence-corrected chi connectivity index (χ0v) is 13.4. The van der Waals surface area contributed by atoms with Crippen LogP contribution < -0.4 is 10.0 Å². The summed E-state index contributed by atoms with van der Waals surface area (Å²) >= 11 is 0. The van der Waals surface area contributed by atoms with Crippen molar-refractivity contribution in [2.45, 2.75) is 38.6 Å². The molecule has 2 N–H and O–H groups in total. The van der Waals surface area contributed by atoms with E-state index in [4.69, 9.17) is 0 Å². The molecule has 0 unspecified atom stereocenters. The summed E-state index contributed by atoms with van der Waals surface area (Å²) in [5.41, 5.74) is 0.919. The van der Waals surface area contributed by atoms with Gasteiger partial charge in [0.05, 0.1) is 6.26 Å². The third kappa shape index (κ3) is 7.82. The molecule has 6 heteroatoms. The van der Waals surface area contributed by atoms with Gasteiger partial charge in [0.2, 0.25) is 15.9 Å². The molecule has 1 amide bonds. The van der Waals surface area contributed by atoms with Gasteiger partial charge in [0.15, 0.2) is 0 Å². The van der Waals surface area contributed by atoms with Gasteiger partial charge in [0.25, 0.3) is 0 Å². The van der Waals surface area contributed by atoms with Gasteiger partial charge in [-0.15, -0.1) is 0 Å². The van der Waals surface area contributed by atoms with Crippen LogP contribution in [-0.2, 0) is 21.2 Å². The Bertz CT molecular complexity index is 529. The maximum atomic E-state index is 12.2. The van der Waals surface area contributed by atoms with Crippen LogP contribution in [0.2, 0.25) is 0 Å². The van der Waals surface area contributed by atoms with Crippen LogP contribution in [-0.4, -0.2) is 33.2 Å². The molecule has 1 atom stereocenters. The van der Waals surface area contributed by atoms with E-state index in [0.717, 1.165) is 31.1 Å². The molecular weight excluding hydrogens is 288 g/mol. The number of benzene rings is 1. The zero-order chi connectivity index (χ0) is 15.7. The molecule has 5 nitrogen and oxygen atoms in total. The standard InChI is InChI=1S/C15H24N2O3S/c1-3-4-8-11-16-15(18)14(17-21(2,19)20)12-13-9-6-5-7-10-13/h5-7,9-10,14,17H,3-4,8,11-12H2,1-2H3,(H,16,18)/t14-/m0/s1. The average molecular weight is 312 g/mol. The normalized spacial score (nSPS) is 12.9. The first-order valence-electron chi connectivity index (χ1n) is 7.21. The fourth-order valence-electron chi connectivity index (χ4n) is 2.01. The molecule has 0 saturated carbocycles. The lowest BCUT2D eigenvalue weighted by atomic mass is 10.1. The predicted molar refractivity (Wildman–Crippen MR) is 84.4 cm³/mol. The molecule has 118 valence electrons. The summed E-state index contributed by atoms with van der Waals surface area (Å²) in [6, 6.07) is 8.59. The molecule has 0 saturated heterocycles. The Morgan fingerprint density at radius 3 is 2.43 bits per heavy atom. The summed E-state index contributed by atoms with van der Waals surface area (Å²) in [7, 11) is -3.43. The Labute approximate surface area is 127 Å². The monoisotopic (exact) mass is 312 g/mol. The minimum absolute atomic E-state index is 0.277. The molecule has 0 aliphatic heterocycles. The van der Waals surface area contributed by atoms with Crippen LogP contribution in [0.15, 0.2) is 30.3 Å². The summed E-state index contributed by atoms with van der Waals surface area (Å²) < 4.78 is 25.2. The van der Waals surface area contributed by atoms with E-state index >= 15 is 0 Å². The fourth-order valence-corrected chi connectivity index (χ4v) is 2.71. The SMILES string of the molecule is CCCCCNC(=O)[C@H](Cc1ccccc1)NS(C)(=O)=O. The van der Waals surface area contributed by atoms with E-state index in [2.05, 4.69) is 17.0 Å². The number of sulfonamides is 1. The Morgan fingerprint density at radius 1 is 1.19 bits per heavy atom. The predicted octanol–water partition coefficient (Wildman–Crippen LogP) is 1.45. The van der Waals surface area contributed by atoms with Crippen molar-refractivity contribution in [3.63, 3.8) is 0 Å². The van der Waals surface area contributed by atoms with Gasteiger partial charge in [-0.05, 0) is 18.4 Å². The molecule has 21 heavy (non-hydrogen) atoms. The number of hydrogen-bond donors (Lipinski definition) is 2. The highest BCUT2D eigenvalue weighted by atomic mass is 32.2. The summed E-state index contributed by atoms with van der Waals surface area (Å²) in [5.74, 6) is -0.277. The van der Waals surface area contributed by atoms with Crippen molar-refractivity contribution in [1.29, 1.82) is 0 Å². The van der Waals surface area contributed by atoms with Crippen LogP contribution in [0, 0.1) is 0 Å². The fraction of sp³-hybridized carbons (Fsp3) is 0.533. The van der Waals surface area contributed by atoms with E-state index < -0.39 is 16.1 Å². The van der Waals surface area contributed by atoms with Crippen molar-refractivity contribution >= 4 is 15.9 Å². The van der Waals surface area contributed by atoms with E-state index in [1.807, 2.05) is 30.3 Å². The lowest BCUT2D eigenvalue weighted by Gasteiger charge is -2.17. The molecule has 0 heterocycles. The van der Waals surface area contributed by atoms with Crippen LogP contribution in [0.1, 0.15) is 31.7 Å². The second kappa shape index (κ2) is 8.79. The quantitative estimate of drug-likeness (QED) is 0.678. The Morgan fingerprint density at radius 2 is 1.86 bits per heavy atom. The topological polar surface area (TPSA) is 75.3 Å². The van der Waals surface area contributed by atoms with Gasteiger partial charge < -0.3 is 5.32 Å². The number of unbranched alkanes of at least 4 members (excludes halogenated alkanes) is 2. The molecule has 1 aromatic rings. The molecule has 0 fully saturated rings. The first-order chi connectivity index (χ1) is 9.92. The van der Waals surface area contributed by atoms with Gasteiger partial charge in [-0.3, -0.25) is 4.79 Å². The highest BCUT2D eigenvalue weighted by Gasteiger charge is 2.22. The van der Waals surface area contributed by atoms with E-state index in [9.17, 15) is 13.2 Å². The highest BCUT2D eigenvalue weighted by molar-refractivity contribution is 7.88. The van der Waals surface area contributed by atoms with Crippen LogP contribution in [0.5, 0.6) is 0 Å². The van der Waals surface area contributed by atoms with Crippen LogP contribution in [0.4, 0.5) is 0 Å². The van der Waals surface area contributed by atoms with Crippen LogP contribution >= 0.6 is 0 Å². The zero-order valence-electron chi connectivity index (χ0n) is 12.6. The number of rotatable bonds is 9. The molecule has 0 aliphatic carbocycles.